The van der Waals surface area contributed by atoms with E-state index in [1.165, 1.54) is 50.1 Å². The van der Waals surface area contributed by atoms with Gasteiger partial charge in [0.15, 0.2) is 18.1 Å². The van der Waals surface area contributed by atoms with E-state index >= 15 is 4.79 Å². The largest absolute Gasteiger partial charge is 0.451 e. The van der Waals surface area contributed by atoms with Crippen LogP contribution in [-0.4, -0.2) is 125 Å². The molecule has 5 amide bonds. The molecule has 1 aromatic heterocycles. The van der Waals surface area contributed by atoms with Gasteiger partial charge in [0.2, 0.25) is 23.6 Å². The molecule has 2 unspecified atom stereocenters. The molecule has 370 valence electrons. The van der Waals surface area contributed by atoms with Crippen molar-refractivity contribution in [3.63, 3.8) is 0 Å². The molecule has 66 heavy (non-hydrogen) atoms. The molecule has 0 radical (unpaired) electrons. The van der Waals surface area contributed by atoms with E-state index in [4.69, 9.17) is 4.74 Å². The fraction of sp³-hybridized carbons (Fsp3) is 0.735. The summed E-state index contributed by atoms with van der Waals surface area (Å²) in [5.41, 5.74) is -1.52. The summed E-state index contributed by atoms with van der Waals surface area (Å²) in [7, 11) is 4.25. The molecule has 0 bridgehead atoms. The van der Waals surface area contributed by atoms with E-state index in [-0.39, 0.29) is 68.6 Å². The zero-order valence-electron chi connectivity index (χ0n) is 41.7. The Morgan fingerprint density at radius 2 is 1.38 bits per heavy atom. The van der Waals surface area contributed by atoms with Crippen LogP contribution >= 0.6 is 0 Å². The van der Waals surface area contributed by atoms with Crippen molar-refractivity contribution < 1.29 is 42.7 Å². The van der Waals surface area contributed by atoms with Gasteiger partial charge in [-0.05, 0) is 67.9 Å². The molecule has 17 heteroatoms. The number of halogens is 1. The highest BCUT2D eigenvalue weighted by Crippen LogP contribution is 2.26. The lowest BCUT2D eigenvalue weighted by Gasteiger charge is -2.44. The summed E-state index contributed by atoms with van der Waals surface area (Å²) in [6, 6.07) is -3.03. The van der Waals surface area contributed by atoms with Gasteiger partial charge in [-0.2, -0.15) is 5.26 Å². The summed E-state index contributed by atoms with van der Waals surface area (Å²) in [5.74, 6) is -5.58. The molecule has 0 aliphatic carbocycles. The lowest BCUT2D eigenvalue weighted by Crippen LogP contribution is -2.69. The summed E-state index contributed by atoms with van der Waals surface area (Å²) in [6.07, 6.45) is 6.34. The molecule has 1 aliphatic rings. The molecule has 16 nitrogen and oxygen atoms in total. The van der Waals surface area contributed by atoms with Crippen LogP contribution < -0.4 is 16.0 Å². The number of carbonyl (C=O) groups excluding carboxylic acids is 7. The van der Waals surface area contributed by atoms with E-state index in [2.05, 4.69) is 20.9 Å². The second kappa shape index (κ2) is 27.6. The molecule has 9 atom stereocenters. The summed E-state index contributed by atoms with van der Waals surface area (Å²) in [4.78, 5) is 109. The number of ether oxygens (including phenoxy) is 1. The van der Waals surface area contributed by atoms with Crippen LogP contribution in [-0.2, 0) is 44.7 Å². The van der Waals surface area contributed by atoms with Gasteiger partial charge in [-0.25, -0.2) is 9.18 Å². The Labute approximate surface area is 392 Å². The highest BCUT2D eigenvalue weighted by atomic mass is 19.1. The van der Waals surface area contributed by atoms with Crippen LogP contribution in [0.4, 0.5) is 4.39 Å². The van der Waals surface area contributed by atoms with Crippen LogP contribution in [0.15, 0.2) is 18.5 Å². The van der Waals surface area contributed by atoms with E-state index in [1.54, 1.807) is 0 Å². The molecule has 2 heterocycles. The minimum absolute atomic E-state index is 0.0447. The maximum absolute atomic E-state index is 15.1. The number of nitrogens with zero attached hydrogens (tertiary/aromatic N) is 5. The Morgan fingerprint density at radius 1 is 0.818 bits per heavy atom. The van der Waals surface area contributed by atoms with Gasteiger partial charge in [0, 0.05) is 46.6 Å². The van der Waals surface area contributed by atoms with E-state index in [1.807, 2.05) is 61.5 Å². The smallest absolute Gasteiger partial charge is 0.329 e. The molecule has 3 N–H and O–H groups in total. The van der Waals surface area contributed by atoms with Crippen molar-refractivity contribution in [2.75, 3.05) is 21.1 Å². The van der Waals surface area contributed by atoms with E-state index in [0.717, 1.165) is 49.6 Å². The van der Waals surface area contributed by atoms with Crippen molar-refractivity contribution in [1.82, 2.24) is 35.6 Å². The van der Waals surface area contributed by atoms with E-state index in [9.17, 15) is 38.4 Å². The highest BCUT2D eigenvalue weighted by molar-refractivity contribution is 5.96. The van der Waals surface area contributed by atoms with Crippen molar-refractivity contribution in [2.45, 2.75) is 188 Å². The average Bonchev–Trinajstić information content (AvgIpc) is 3.27. The Hall–Kier alpha value is -4.98. The maximum Gasteiger partial charge on any atom is 0.329 e. The number of nitriles is 1. The Balaban J connectivity index is 3.01. The number of amides is 5. The SMILES string of the molecule is CCCC[C@@H](C)CC1NC(=O)[C@H](Cc2cncc(F)c2)N(C)C(=O)[C@H](CC(C)C)N[C@](C=O)(CC(C)C)N(C)C(=O)[C@H](C[C@H](C)CCCC)NC(=O)C(CCC#N)OC(=O)[C@H](C)N(C)C1=O. The van der Waals surface area contributed by atoms with Gasteiger partial charge in [-0.3, -0.25) is 39.1 Å². The Kier molecular flexibility index (Phi) is 23.9. The zero-order valence-corrected chi connectivity index (χ0v) is 41.7. The first-order valence-electron chi connectivity index (χ1n) is 23.9. The number of carbonyl (C=O) groups is 7. The summed E-state index contributed by atoms with van der Waals surface area (Å²) in [5, 5.41) is 18.5. The lowest BCUT2D eigenvalue weighted by atomic mass is 9.91. The van der Waals surface area contributed by atoms with E-state index < -0.39 is 83.3 Å². The molecule has 1 saturated heterocycles. The van der Waals surface area contributed by atoms with Crippen LogP contribution in [0.25, 0.3) is 0 Å². The van der Waals surface area contributed by atoms with Crippen molar-refractivity contribution in [2.24, 2.45) is 23.7 Å². The fourth-order valence-corrected chi connectivity index (χ4v) is 8.49. The lowest BCUT2D eigenvalue weighted by molar-refractivity contribution is -0.164. The number of unbranched alkanes of at least 4 members (excludes halogenated alkanes) is 2. The second-order valence-corrected chi connectivity index (χ2v) is 19.4. The van der Waals surface area contributed by atoms with Crippen LogP contribution in [0.5, 0.6) is 0 Å². The van der Waals surface area contributed by atoms with Gasteiger partial charge in [0.05, 0.1) is 18.3 Å². The predicted molar refractivity (Wildman–Crippen MR) is 249 cm³/mol. The molecular formula is C49H79FN8O8. The first-order chi connectivity index (χ1) is 31.0. The van der Waals surface area contributed by atoms with Gasteiger partial charge in [0.1, 0.15) is 30.0 Å². The minimum Gasteiger partial charge on any atom is -0.451 e. The molecule has 1 fully saturated rings. The number of esters is 1. The number of aldehydes is 1. The summed E-state index contributed by atoms with van der Waals surface area (Å²) >= 11 is 0. The molecular weight excluding hydrogens is 848 g/mol. The maximum atomic E-state index is 15.1. The first kappa shape index (κ1) is 57.1. The number of hydrogen-bond acceptors (Lipinski definition) is 11. The highest BCUT2D eigenvalue weighted by Gasteiger charge is 2.46. The number of likely N-dealkylation sites (N-methyl/N-ethyl adjacent to an activating group) is 3. The number of rotatable bonds is 19. The van der Waals surface area contributed by atoms with Crippen molar-refractivity contribution in [1.29, 1.82) is 5.26 Å². The van der Waals surface area contributed by atoms with Gasteiger partial charge in [-0.15, -0.1) is 0 Å². The molecule has 2 rings (SSSR count). The van der Waals surface area contributed by atoms with Gasteiger partial charge >= 0.3 is 5.97 Å². The molecule has 0 spiro atoms. The second-order valence-electron chi connectivity index (χ2n) is 19.4. The average molecular weight is 927 g/mol. The van der Waals surface area contributed by atoms with Gasteiger partial charge in [-0.1, -0.05) is 93.9 Å². The molecule has 0 aromatic carbocycles. The quantitative estimate of drug-likeness (QED) is 0.117. The zero-order chi connectivity index (χ0) is 49.9. The monoisotopic (exact) mass is 927 g/mol. The molecule has 1 aromatic rings. The first-order valence-corrected chi connectivity index (χ1v) is 23.9. The number of cyclic esters (lactones) is 1. The van der Waals surface area contributed by atoms with E-state index in [0.29, 0.717) is 11.8 Å². The van der Waals surface area contributed by atoms with Crippen LogP contribution in [0.3, 0.4) is 0 Å². The summed E-state index contributed by atoms with van der Waals surface area (Å²) in [6.45, 7) is 16.9. The van der Waals surface area contributed by atoms with Crippen LogP contribution in [0.1, 0.15) is 145 Å². The molecule has 1 aliphatic heterocycles. The third kappa shape index (κ3) is 17.0. The number of aromatic nitrogens is 1. The van der Waals surface area contributed by atoms with Crippen LogP contribution in [0.2, 0.25) is 0 Å². The third-order valence-electron chi connectivity index (χ3n) is 12.5. The normalized spacial score (nSPS) is 25.6. The van der Waals surface area contributed by atoms with Gasteiger partial charge in [0.25, 0.3) is 5.91 Å². The third-order valence-corrected chi connectivity index (χ3v) is 12.5. The topological polar surface area (TPSA) is 211 Å². The van der Waals surface area contributed by atoms with Crippen LogP contribution in [0, 0.1) is 40.8 Å². The number of nitrogens with one attached hydrogen (secondary N) is 3. The van der Waals surface area contributed by atoms with Crippen molar-refractivity contribution in [3.05, 3.63) is 29.8 Å². The number of hydrogen-bond donors (Lipinski definition) is 3. The predicted octanol–water partition coefficient (Wildman–Crippen LogP) is 5.47. The summed E-state index contributed by atoms with van der Waals surface area (Å²) < 4.78 is 20.4. The number of pyridine rings is 1. The van der Waals surface area contributed by atoms with Crippen molar-refractivity contribution >= 4 is 41.8 Å². The van der Waals surface area contributed by atoms with Crippen molar-refractivity contribution in [3.8, 4) is 6.07 Å². The molecule has 0 saturated carbocycles. The Morgan fingerprint density at radius 3 is 1.89 bits per heavy atom. The van der Waals surface area contributed by atoms with Gasteiger partial charge < -0.3 is 30.1 Å². The standard InChI is InChI=1S/C49H79FN8O8/c1-13-15-18-33(7)23-38-45(62)56(10)35(9)48(65)66-42(20-17-21-51)44(61)54-39(24-34(8)19-16-14-2)47(64)58(12)49(30-59,27-32(5)6)55-40(22-31(3)4)46(63)57(11)41(43(60)53-38)26-36-25-37(50)29-52-28-36/h25,28-35,38-42,55H,13-20,22-24,26-27H2,1-12H3,(H,53,60)(H,54,61)/t33-,34-,35+,38?,39+,40+,41+,42?,49-/m1/s1. The minimum atomic E-state index is -1.82. The Bertz CT molecular complexity index is 1820. The fourth-order valence-electron chi connectivity index (χ4n) is 8.49.